The van der Waals surface area contributed by atoms with Crippen molar-refractivity contribution in [1.29, 1.82) is 0 Å². The predicted molar refractivity (Wildman–Crippen MR) is 122 cm³/mol. The molecule has 3 aromatic rings. The van der Waals surface area contributed by atoms with E-state index in [1.165, 1.54) is 23.9 Å². The highest BCUT2D eigenvalue weighted by Crippen LogP contribution is 2.33. The van der Waals surface area contributed by atoms with Gasteiger partial charge in [0.15, 0.2) is 0 Å². The molecular weight excluding hydrogens is 471 g/mol. The van der Waals surface area contributed by atoms with E-state index in [0.29, 0.717) is 56.7 Å². The molecule has 0 saturated carbocycles. The second kappa shape index (κ2) is 9.86. The van der Waals surface area contributed by atoms with E-state index in [0.717, 1.165) is 0 Å². The van der Waals surface area contributed by atoms with Gasteiger partial charge in [-0.2, -0.15) is 9.97 Å². The third kappa shape index (κ3) is 5.00. The van der Waals surface area contributed by atoms with Crippen LogP contribution in [0.4, 0.5) is 17.6 Å². The van der Waals surface area contributed by atoms with Crippen LogP contribution in [0.3, 0.4) is 0 Å². The maximum Gasteiger partial charge on any atom is 0.261 e. The number of nitrogens with zero attached hydrogens (tertiary/aromatic N) is 5. The molecule has 0 spiro atoms. The minimum atomic E-state index is -0.522. The first-order valence-electron chi connectivity index (χ1n) is 9.07. The maximum atomic E-state index is 12.7. The number of rotatable bonds is 8. The van der Waals surface area contributed by atoms with Gasteiger partial charge < -0.3 is 16.0 Å². The van der Waals surface area contributed by atoms with Gasteiger partial charge in [-0.15, -0.1) is 10.2 Å². The number of halogens is 3. The van der Waals surface area contributed by atoms with Crippen LogP contribution in [0.5, 0.6) is 0 Å². The lowest BCUT2D eigenvalue weighted by Crippen LogP contribution is -2.23. The van der Waals surface area contributed by atoms with Gasteiger partial charge in [0.2, 0.25) is 23.0 Å². The summed E-state index contributed by atoms with van der Waals surface area (Å²) in [5, 5.41) is 18.1. The summed E-state index contributed by atoms with van der Waals surface area (Å²) in [5.41, 5.74) is 0.376. The zero-order valence-corrected chi connectivity index (χ0v) is 19.4. The Morgan fingerprint density at radius 1 is 1.07 bits per heavy atom. The monoisotopic (exact) mass is 488 g/mol. The van der Waals surface area contributed by atoms with Crippen LogP contribution in [0.25, 0.3) is 5.78 Å². The molecule has 0 aliphatic heterocycles. The van der Waals surface area contributed by atoms with Gasteiger partial charge in [-0.1, -0.05) is 46.6 Å². The molecule has 0 aliphatic carbocycles. The molecule has 30 heavy (non-hydrogen) atoms. The lowest BCUT2D eigenvalue weighted by molar-refractivity contribution is -0.115. The lowest BCUT2D eigenvalue weighted by atomic mass is 10.3. The number of hydrogen-bond donors (Lipinski definition) is 3. The Balaban J connectivity index is 1.83. The largest absolute Gasteiger partial charge is 0.355 e. The minimum absolute atomic E-state index is 0.285. The Hall–Kier alpha value is -2.01. The average molecular weight is 490 g/mol. The van der Waals surface area contributed by atoms with E-state index in [9.17, 15) is 4.79 Å². The first-order valence-corrected chi connectivity index (χ1v) is 11.1. The summed E-state index contributed by atoms with van der Waals surface area (Å²) < 4.78 is 1.67. The summed E-state index contributed by atoms with van der Waals surface area (Å²) >= 11 is 19.3. The van der Waals surface area contributed by atoms with Crippen LogP contribution in [0.15, 0.2) is 17.3 Å². The van der Waals surface area contributed by atoms with E-state index in [2.05, 4.69) is 36.1 Å². The summed E-state index contributed by atoms with van der Waals surface area (Å²) in [6.45, 7) is 6.96. The van der Waals surface area contributed by atoms with Crippen molar-refractivity contribution in [3.8, 4) is 0 Å². The number of benzene rings is 1. The van der Waals surface area contributed by atoms with Gasteiger partial charge in [-0.25, -0.2) is 4.40 Å². The average Bonchev–Trinajstić information content (AvgIpc) is 3.09. The fourth-order valence-corrected chi connectivity index (χ4v) is 3.88. The van der Waals surface area contributed by atoms with Gasteiger partial charge in [0.05, 0.1) is 26.0 Å². The molecule has 2 heterocycles. The van der Waals surface area contributed by atoms with E-state index in [1.54, 1.807) is 11.3 Å². The summed E-state index contributed by atoms with van der Waals surface area (Å²) in [4.78, 5) is 21.5. The van der Waals surface area contributed by atoms with Gasteiger partial charge in [0.1, 0.15) is 0 Å². The van der Waals surface area contributed by atoms with Crippen molar-refractivity contribution >= 4 is 75.8 Å². The summed E-state index contributed by atoms with van der Waals surface area (Å²) in [7, 11) is 0. The van der Waals surface area contributed by atoms with Crippen LogP contribution in [-0.2, 0) is 4.79 Å². The van der Waals surface area contributed by atoms with Crippen LogP contribution in [0.1, 0.15) is 20.8 Å². The van der Waals surface area contributed by atoms with Gasteiger partial charge in [0.25, 0.3) is 5.78 Å². The van der Waals surface area contributed by atoms with Crippen LogP contribution in [-0.4, -0.2) is 48.8 Å². The Bertz CT molecular complexity index is 1080. The topological polar surface area (TPSA) is 109 Å². The predicted octanol–water partition coefficient (Wildman–Crippen LogP) is 4.46. The molecule has 1 atom stereocenters. The molecule has 2 aromatic heterocycles. The molecule has 3 N–H and O–H groups in total. The number of amides is 1. The second-order valence-corrected chi connectivity index (χ2v) is 8.57. The van der Waals surface area contributed by atoms with Crippen LogP contribution >= 0.6 is 46.6 Å². The minimum Gasteiger partial charge on any atom is -0.355 e. The number of anilines is 3. The molecule has 13 heteroatoms. The second-order valence-electron chi connectivity index (χ2n) is 6.04. The standard InChI is InChI=1S/C17H19Cl3N8OS/c1-4-21-14-24-15(22-5-2)28-16(25-14)26-27-17(28)30-8(3)13(29)23-12-7-10(19)9(18)6-11(12)20/h6-8H,4-5H2,1-3H3,(H,23,29)(H2,21,22,24,25,26)/t8-/m1/s1. The van der Waals surface area contributed by atoms with Crippen molar-refractivity contribution in [2.45, 2.75) is 31.2 Å². The summed E-state index contributed by atoms with van der Waals surface area (Å²) in [6.07, 6.45) is 0. The highest BCUT2D eigenvalue weighted by Gasteiger charge is 2.22. The Morgan fingerprint density at radius 2 is 1.77 bits per heavy atom. The van der Waals surface area contributed by atoms with Crippen molar-refractivity contribution in [2.24, 2.45) is 0 Å². The normalized spacial score (nSPS) is 12.1. The molecule has 160 valence electrons. The Kier molecular flexibility index (Phi) is 7.45. The molecule has 0 fully saturated rings. The van der Waals surface area contributed by atoms with E-state index >= 15 is 0 Å². The SMILES string of the molecule is CCNc1nc(NCC)n2c(S[C@H](C)C(=O)Nc3cc(Cl)c(Cl)cc3Cl)nnc2n1. The first-order chi connectivity index (χ1) is 14.3. The quantitative estimate of drug-likeness (QED) is 0.314. The molecule has 9 nitrogen and oxygen atoms in total. The number of hydrogen-bond acceptors (Lipinski definition) is 8. The number of carbonyl (C=O) groups is 1. The van der Waals surface area contributed by atoms with E-state index in [1.807, 2.05) is 13.8 Å². The number of thioether (sulfide) groups is 1. The molecule has 0 unspecified atom stereocenters. The van der Waals surface area contributed by atoms with Crippen molar-refractivity contribution in [3.05, 3.63) is 27.2 Å². The van der Waals surface area contributed by atoms with E-state index < -0.39 is 5.25 Å². The number of nitrogens with one attached hydrogen (secondary N) is 3. The first kappa shape index (κ1) is 22.7. The van der Waals surface area contributed by atoms with Crippen LogP contribution in [0, 0.1) is 0 Å². The van der Waals surface area contributed by atoms with Crippen molar-refractivity contribution in [1.82, 2.24) is 24.6 Å². The Morgan fingerprint density at radius 3 is 2.47 bits per heavy atom. The summed E-state index contributed by atoms with van der Waals surface area (Å²) in [6, 6.07) is 2.99. The van der Waals surface area contributed by atoms with Gasteiger partial charge in [-0.3, -0.25) is 4.79 Å². The van der Waals surface area contributed by atoms with Crippen LogP contribution < -0.4 is 16.0 Å². The third-order valence-electron chi connectivity index (χ3n) is 3.83. The third-order valence-corrected chi connectivity index (χ3v) is 5.91. The number of carbonyl (C=O) groups excluding carboxylic acids is 1. The van der Waals surface area contributed by atoms with Crippen molar-refractivity contribution < 1.29 is 4.79 Å². The van der Waals surface area contributed by atoms with Crippen molar-refractivity contribution in [2.75, 3.05) is 29.0 Å². The van der Waals surface area contributed by atoms with Gasteiger partial charge >= 0.3 is 0 Å². The smallest absolute Gasteiger partial charge is 0.261 e. The van der Waals surface area contributed by atoms with Crippen molar-refractivity contribution in [3.63, 3.8) is 0 Å². The molecular formula is C17H19Cl3N8OS. The van der Waals surface area contributed by atoms with Gasteiger partial charge in [-0.05, 0) is 32.9 Å². The van der Waals surface area contributed by atoms with Crippen LogP contribution in [0.2, 0.25) is 15.1 Å². The van der Waals surface area contributed by atoms with Gasteiger partial charge in [0, 0.05) is 13.1 Å². The van der Waals surface area contributed by atoms with E-state index in [-0.39, 0.29) is 5.91 Å². The lowest BCUT2D eigenvalue weighted by Gasteiger charge is -2.14. The zero-order chi connectivity index (χ0) is 21.8. The molecule has 0 bridgehead atoms. The highest BCUT2D eigenvalue weighted by molar-refractivity contribution is 8.00. The Labute approximate surface area is 192 Å². The maximum absolute atomic E-state index is 12.7. The molecule has 0 saturated heterocycles. The highest BCUT2D eigenvalue weighted by atomic mass is 35.5. The van der Waals surface area contributed by atoms with E-state index in [4.69, 9.17) is 34.8 Å². The molecule has 3 rings (SSSR count). The number of fused-ring (bicyclic) bond motifs is 1. The molecule has 1 amide bonds. The fourth-order valence-electron chi connectivity index (χ4n) is 2.44. The molecule has 0 radical (unpaired) electrons. The fraction of sp³-hybridized carbons (Fsp3) is 0.353. The molecule has 1 aromatic carbocycles. The summed E-state index contributed by atoms with van der Waals surface area (Å²) in [5.74, 6) is 1.07. The zero-order valence-electron chi connectivity index (χ0n) is 16.3. The number of aromatic nitrogens is 5. The molecule has 0 aliphatic rings.